The van der Waals surface area contributed by atoms with Gasteiger partial charge >= 0.3 is 0 Å². The van der Waals surface area contributed by atoms with Crippen molar-refractivity contribution in [1.82, 2.24) is 5.32 Å². The van der Waals surface area contributed by atoms with E-state index in [4.69, 9.17) is 14.2 Å². The molecule has 4 rings (SSSR count). The molecule has 0 radical (unpaired) electrons. The van der Waals surface area contributed by atoms with Crippen molar-refractivity contribution in [1.29, 1.82) is 0 Å². The number of carbonyl (C=O) groups excluding carboxylic acids is 1. The van der Waals surface area contributed by atoms with Crippen molar-refractivity contribution in [3.8, 4) is 17.2 Å². The van der Waals surface area contributed by atoms with Gasteiger partial charge in [0.05, 0.1) is 12.6 Å². The predicted octanol–water partition coefficient (Wildman–Crippen LogP) is 4.14. The van der Waals surface area contributed by atoms with E-state index in [1.54, 1.807) is 12.2 Å². The minimum Gasteiger partial charge on any atom is -0.493 e. The molecule has 0 saturated heterocycles. The zero-order chi connectivity index (χ0) is 19.3. The number of nitrogens with one attached hydrogen (secondary N) is 1. The highest BCUT2D eigenvalue weighted by molar-refractivity contribution is 5.92. The molecule has 0 bridgehead atoms. The van der Waals surface area contributed by atoms with Gasteiger partial charge in [-0.1, -0.05) is 24.3 Å². The van der Waals surface area contributed by atoms with Crippen LogP contribution in [-0.2, 0) is 4.79 Å². The number of amides is 1. The van der Waals surface area contributed by atoms with Gasteiger partial charge in [-0.2, -0.15) is 0 Å². The van der Waals surface area contributed by atoms with Crippen LogP contribution in [0.25, 0.3) is 6.08 Å². The highest BCUT2D eigenvalue weighted by atomic mass is 16.6. The molecule has 1 atom stereocenters. The number of hydrogen-bond acceptors (Lipinski definition) is 4. The molecule has 2 aliphatic rings. The fourth-order valence-corrected chi connectivity index (χ4v) is 3.43. The van der Waals surface area contributed by atoms with Crippen molar-refractivity contribution in [2.24, 2.45) is 5.92 Å². The van der Waals surface area contributed by atoms with Gasteiger partial charge in [-0.05, 0) is 55.5 Å². The zero-order valence-electron chi connectivity index (χ0n) is 16.0. The molecule has 5 nitrogen and oxygen atoms in total. The molecule has 146 valence electrons. The summed E-state index contributed by atoms with van der Waals surface area (Å²) in [7, 11) is 0. The Morgan fingerprint density at radius 2 is 1.96 bits per heavy atom. The number of carbonyl (C=O) groups is 1. The van der Waals surface area contributed by atoms with Crippen molar-refractivity contribution in [2.45, 2.75) is 25.8 Å². The summed E-state index contributed by atoms with van der Waals surface area (Å²) in [6, 6.07) is 13.6. The van der Waals surface area contributed by atoms with Crippen LogP contribution in [0.3, 0.4) is 0 Å². The van der Waals surface area contributed by atoms with E-state index in [1.165, 1.54) is 0 Å². The number of para-hydroxylation sites is 1. The van der Waals surface area contributed by atoms with Crippen LogP contribution in [0.1, 0.15) is 36.9 Å². The lowest BCUT2D eigenvalue weighted by atomic mass is 10.0. The first-order valence-corrected chi connectivity index (χ1v) is 9.84. The lowest BCUT2D eigenvalue weighted by molar-refractivity contribution is -0.117. The smallest absolute Gasteiger partial charge is 0.244 e. The molecule has 0 spiro atoms. The molecule has 5 heteroatoms. The molecule has 1 unspecified atom stereocenters. The van der Waals surface area contributed by atoms with Gasteiger partial charge in [-0.3, -0.25) is 4.79 Å². The molecular formula is C23H25NO4. The van der Waals surface area contributed by atoms with Gasteiger partial charge in [0.25, 0.3) is 0 Å². The van der Waals surface area contributed by atoms with Gasteiger partial charge < -0.3 is 19.5 Å². The Morgan fingerprint density at radius 3 is 2.75 bits per heavy atom. The van der Waals surface area contributed by atoms with E-state index in [1.807, 2.05) is 49.4 Å². The Balaban J connectivity index is 1.47. The first kappa shape index (κ1) is 18.4. The summed E-state index contributed by atoms with van der Waals surface area (Å²) in [5.74, 6) is 2.65. The Hall–Kier alpha value is -2.95. The highest BCUT2D eigenvalue weighted by Gasteiger charge is 2.33. The Morgan fingerprint density at radius 1 is 1.18 bits per heavy atom. The molecule has 2 aromatic rings. The van der Waals surface area contributed by atoms with Crippen LogP contribution in [0.2, 0.25) is 0 Å². The highest BCUT2D eigenvalue weighted by Crippen LogP contribution is 2.43. The van der Waals surface area contributed by atoms with Crippen LogP contribution in [0.5, 0.6) is 17.2 Å². The van der Waals surface area contributed by atoms with Gasteiger partial charge in [0.15, 0.2) is 11.5 Å². The third-order valence-corrected chi connectivity index (χ3v) is 4.95. The monoisotopic (exact) mass is 379 g/mol. The van der Waals surface area contributed by atoms with E-state index in [-0.39, 0.29) is 11.9 Å². The van der Waals surface area contributed by atoms with Gasteiger partial charge in [0, 0.05) is 11.6 Å². The van der Waals surface area contributed by atoms with Crippen molar-refractivity contribution in [2.75, 3.05) is 19.8 Å². The van der Waals surface area contributed by atoms with Crippen molar-refractivity contribution in [3.63, 3.8) is 0 Å². The van der Waals surface area contributed by atoms with E-state index in [0.717, 1.165) is 41.2 Å². The second kappa shape index (κ2) is 8.38. The molecule has 1 heterocycles. The van der Waals surface area contributed by atoms with E-state index in [2.05, 4.69) is 5.32 Å². The van der Waals surface area contributed by atoms with E-state index in [0.29, 0.717) is 25.7 Å². The van der Waals surface area contributed by atoms with Gasteiger partial charge in [0.2, 0.25) is 5.91 Å². The number of hydrogen-bond donors (Lipinski definition) is 1. The first-order chi connectivity index (χ1) is 13.7. The summed E-state index contributed by atoms with van der Waals surface area (Å²) in [6.07, 6.45) is 5.62. The van der Waals surface area contributed by atoms with Crippen molar-refractivity contribution in [3.05, 3.63) is 59.7 Å². The number of ether oxygens (including phenoxy) is 3. The molecule has 1 aliphatic carbocycles. The average Bonchev–Trinajstić information content (AvgIpc) is 3.56. The summed E-state index contributed by atoms with van der Waals surface area (Å²) in [4.78, 5) is 12.6. The number of fused-ring (bicyclic) bond motifs is 1. The molecule has 0 aromatic heterocycles. The lowest BCUT2D eigenvalue weighted by Crippen LogP contribution is -2.28. The van der Waals surface area contributed by atoms with Crippen molar-refractivity contribution >= 4 is 12.0 Å². The topological polar surface area (TPSA) is 56.8 Å². The minimum absolute atomic E-state index is 0.0184. The first-order valence-electron chi connectivity index (χ1n) is 9.84. The average molecular weight is 379 g/mol. The molecule has 1 amide bonds. The van der Waals surface area contributed by atoms with Crippen LogP contribution in [0.4, 0.5) is 0 Å². The fourth-order valence-electron chi connectivity index (χ4n) is 3.43. The van der Waals surface area contributed by atoms with Gasteiger partial charge in [0.1, 0.15) is 19.0 Å². The maximum absolute atomic E-state index is 12.6. The van der Waals surface area contributed by atoms with Crippen LogP contribution >= 0.6 is 0 Å². The normalized spacial score (nSPS) is 16.6. The third kappa shape index (κ3) is 4.30. The predicted molar refractivity (Wildman–Crippen MR) is 108 cm³/mol. The Labute approximate surface area is 165 Å². The largest absolute Gasteiger partial charge is 0.493 e. The molecule has 1 saturated carbocycles. The molecule has 1 N–H and O–H groups in total. The summed E-state index contributed by atoms with van der Waals surface area (Å²) in [6.45, 7) is 3.66. The number of benzene rings is 2. The second-order valence-electron chi connectivity index (χ2n) is 7.03. The second-order valence-corrected chi connectivity index (χ2v) is 7.03. The van der Waals surface area contributed by atoms with Crippen LogP contribution in [0, 0.1) is 5.92 Å². The lowest BCUT2D eigenvalue weighted by Gasteiger charge is -2.22. The molecule has 2 aromatic carbocycles. The number of rotatable bonds is 7. The van der Waals surface area contributed by atoms with E-state index in [9.17, 15) is 4.79 Å². The SMILES string of the molecule is CCOc1ccccc1/C=C/C(=O)NC(c1ccc2c(c1)OCCO2)C1CC1. The fraction of sp³-hybridized carbons (Fsp3) is 0.348. The van der Waals surface area contributed by atoms with E-state index < -0.39 is 0 Å². The standard InChI is InChI=1S/C23H25NO4/c1-2-26-19-6-4-3-5-16(19)10-12-22(25)24-23(17-7-8-17)18-9-11-20-21(15-18)28-14-13-27-20/h3-6,9-12,15,17,23H,2,7-8,13-14H2,1H3,(H,24,25)/b12-10+. The Bertz CT molecular complexity index is 873. The maximum atomic E-state index is 12.6. The zero-order valence-corrected chi connectivity index (χ0v) is 16.0. The van der Waals surface area contributed by atoms with Gasteiger partial charge in [-0.15, -0.1) is 0 Å². The van der Waals surface area contributed by atoms with E-state index >= 15 is 0 Å². The molecular weight excluding hydrogens is 354 g/mol. The molecule has 1 aliphatic heterocycles. The molecule has 1 fully saturated rings. The summed E-state index contributed by atoms with van der Waals surface area (Å²) in [5.41, 5.74) is 1.95. The summed E-state index contributed by atoms with van der Waals surface area (Å²) < 4.78 is 16.9. The Kier molecular flexibility index (Phi) is 5.51. The summed E-state index contributed by atoms with van der Waals surface area (Å²) in [5, 5.41) is 3.16. The quantitative estimate of drug-likeness (QED) is 0.735. The van der Waals surface area contributed by atoms with Crippen LogP contribution < -0.4 is 19.5 Å². The minimum atomic E-state index is -0.113. The van der Waals surface area contributed by atoms with Crippen molar-refractivity contribution < 1.29 is 19.0 Å². The maximum Gasteiger partial charge on any atom is 0.244 e. The van der Waals surface area contributed by atoms with Crippen LogP contribution in [0.15, 0.2) is 48.5 Å². The van der Waals surface area contributed by atoms with Gasteiger partial charge in [-0.25, -0.2) is 0 Å². The van der Waals surface area contributed by atoms with Crippen LogP contribution in [-0.4, -0.2) is 25.7 Å². The summed E-state index contributed by atoms with van der Waals surface area (Å²) >= 11 is 0. The third-order valence-electron chi connectivity index (χ3n) is 4.95. The molecule has 28 heavy (non-hydrogen) atoms.